The van der Waals surface area contributed by atoms with Crippen molar-refractivity contribution in [3.63, 3.8) is 0 Å². The molecule has 0 aliphatic carbocycles. The van der Waals surface area contributed by atoms with E-state index in [1.54, 1.807) is 25.1 Å². The van der Waals surface area contributed by atoms with Crippen LogP contribution in [-0.2, 0) is 11.4 Å². The maximum absolute atomic E-state index is 11.0. The fourth-order valence-corrected chi connectivity index (χ4v) is 1.53. The molecule has 0 aliphatic rings. The molecule has 5 heteroatoms. The summed E-state index contributed by atoms with van der Waals surface area (Å²) in [5.41, 5.74) is 5.70. The first-order valence-corrected chi connectivity index (χ1v) is 5.32. The Balaban J connectivity index is 2.98. The molecule has 0 saturated heterocycles. The number of nitrogens with two attached hydrogens (primary N) is 1. The van der Waals surface area contributed by atoms with Crippen molar-refractivity contribution in [1.82, 2.24) is 0 Å². The van der Waals surface area contributed by atoms with Gasteiger partial charge in [-0.1, -0.05) is 30.7 Å². The van der Waals surface area contributed by atoms with Crippen LogP contribution in [0, 0.1) is 0 Å². The highest BCUT2D eigenvalue weighted by molar-refractivity contribution is 6.32. The number of rotatable bonds is 5. The number of carbonyl (C=O) groups is 1. The minimum absolute atomic E-state index is 0.203. The summed E-state index contributed by atoms with van der Waals surface area (Å²) in [7, 11) is 0. The predicted molar refractivity (Wildman–Crippen MR) is 61.3 cm³/mol. The number of amides is 1. The predicted octanol–water partition coefficient (Wildman–Crippen LogP) is 1.47. The summed E-state index contributed by atoms with van der Waals surface area (Å²) >= 11 is 5.93. The molecule has 1 rings (SSSR count). The van der Waals surface area contributed by atoms with E-state index in [9.17, 15) is 4.79 Å². The van der Waals surface area contributed by atoms with E-state index in [0.29, 0.717) is 22.8 Å². The second-order valence-corrected chi connectivity index (χ2v) is 3.71. The Morgan fingerprint density at radius 2 is 2.31 bits per heavy atom. The lowest BCUT2D eigenvalue weighted by Crippen LogP contribution is -2.33. The molecule has 0 bridgehead atoms. The third kappa shape index (κ3) is 2.87. The SMILES string of the molecule is CCC(Oc1c(Cl)cccc1CO)C(N)=O. The first-order chi connectivity index (χ1) is 7.60. The molecule has 1 amide bonds. The molecule has 4 nitrogen and oxygen atoms in total. The Bertz CT molecular complexity index is 381. The second-order valence-electron chi connectivity index (χ2n) is 3.30. The summed E-state index contributed by atoms with van der Waals surface area (Å²) in [6.45, 7) is 1.58. The number of para-hydroxylation sites is 1. The maximum Gasteiger partial charge on any atom is 0.258 e. The smallest absolute Gasteiger partial charge is 0.258 e. The van der Waals surface area contributed by atoms with Gasteiger partial charge in [-0.15, -0.1) is 0 Å². The monoisotopic (exact) mass is 243 g/mol. The van der Waals surface area contributed by atoms with Crippen molar-refractivity contribution >= 4 is 17.5 Å². The van der Waals surface area contributed by atoms with Crippen LogP contribution < -0.4 is 10.5 Å². The molecule has 0 aromatic heterocycles. The molecule has 3 N–H and O–H groups in total. The van der Waals surface area contributed by atoms with Crippen molar-refractivity contribution in [2.45, 2.75) is 26.1 Å². The number of hydrogen-bond donors (Lipinski definition) is 2. The number of carbonyl (C=O) groups excluding carboxylic acids is 1. The molecule has 16 heavy (non-hydrogen) atoms. The van der Waals surface area contributed by atoms with Crippen molar-refractivity contribution in [2.24, 2.45) is 5.73 Å². The lowest BCUT2D eigenvalue weighted by atomic mass is 10.2. The van der Waals surface area contributed by atoms with E-state index in [2.05, 4.69) is 0 Å². The third-order valence-electron chi connectivity index (χ3n) is 2.17. The summed E-state index contributed by atoms with van der Waals surface area (Å²) in [6.07, 6.45) is -0.281. The molecule has 1 aromatic carbocycles. The van der Waals surface area contributed by atoms with Crippen LogP contribution in [0.25, 0.3) is 0 Å². The number of hydrogen-bond acceptors (Lipinski definition) is 3. The van der Waals surface area contributed by atoms with E-state index < -0.39 is 12.0 Å². The average molecular weight is 244 g/mol. The summed E-state index contributed by atoms with van der Waals surface area (Å²) in [6, 6.07) is 5.00. The Kier molecular flexibility index (Phi) is 4.58. The lowest BCUT2D eigenvalue weighted by Gasteiger charge is -2.17. The maximum atomic E-state index is 11.0. The Hall–Kier alpha value is -1.26. The van der Waals surface area contributed by atoms with Gasteiger partial charge >= 0.3 is 0 Å². The Labute approximate surface area is 99.0 Å². The van der Waals surface area contributed by atoms with Gasteiger partial charge in [0, 0.05) is 5.56 Å². The molecule has 0 fully saturated rings. The number of ether oxygens (including phenoxy) is 1. The van der Waals surface area contributed by atoms with Crippen LogP contribution in [0.15, 0.2) is 18.2 Å². The van der Waals surface area contributed by atoms with Gasteiger partial charge in [0.15, 0.2) is 6.10 Å². The van der Waals surface area contributed by atoms with Gasteiger partial charge in [-0.2, -0.15) is 0 Å². The third-order valence-corrected chi connectivity index (χ3v) is 2.46. The topological polar surface area (TPSA) is 72.6 Å². The van der Waals surface area contributed by atoms with Crippen molar-refractivity contribution < 1.29 is 14.6 Å². The normalized spacial score (nSPS) is 12.2. The number of benzene rings is 1. The van der Waals surface area contributed by atoms with Gasteiger partial charge < -0.3 is 15.6 Å². The van der Waals surface area contributed by atoms with Crippen molar-refractivity contribution in [1.29, 1.82) is 0 Å². The first-order valence-electron chi connectivity index (χ1n) is 4.94. The van der Waals surface area contributed by atoms with Crippen LogP contribution in [0.4, 0.5) is 0 Å². The van der Waals surface area contributed by atoms with E-state index in [1.165, 1.54) is 0 Å². The molecule has 1 atom stereocenters. The van der Waals surface area contributed by atoms with Crippen molar-refractivity contribution in [3.8, 4) is 5.75 Å². The Morgan fingerprint density at radius 3 is 2.81 bits per heavy atom. The minimum atomic E-state index is -0.731. The highest BCUT2D eigenvalue weighted by Crippen LogP contribution is 2.29. The van der Waals surface area contributed by atoms with Gasteiger partial charge in [-0.25, -0.2) is 0 Å². The molecule has 0 spiro atoms. The fourth-order valence-electron chi connectivity index (χ4n) is 1.29. The van der Waals surface area contributed by atoms with E-state index in [4.69, 9.17) is 27.2 Å². The second kappa shape index (κ2) is 5.72. The van der Waals surface area contributed by atoms with Crippen molar-refractivity contribution in [2.75, 3.05) is 0 Å². The van der Waals surface area contributed by atoms with Crippen LogP contribution in [0.5, 0.6) is 5.75 Å². The number of primary amides is 1. The number of aliphatic hydroxyl groups excluding tert-OH is 1. The van der Waals surface area contributed by atoms with E-state index >= 15 is 0 Å². The van der Waals surface area contributed by atoms with Crippen LogP contribution in [0.1, 0.15) is 18.9 Å². The molecular weight excluding hydrogens is 230 g/mol. The first kappa shape index (κ1) is 12.8. The summed E-state index contributed by atoms with van der Waals surface area (Å²) < 4.78 is 5.41. The minimum Gasteiger partial charge on any atom is -0.479 e. The van der Waals surface area contributed by atoms with Gasteiger partial charge in [0.2, 0.25) is 0 Å². The zero-order valence-corrected chi connectivity index (χ0v) is 9.70. The molecule has 88 valence electrons. The van der Waals surface area contributed by atoms with E-state index in [0.717, 1.165) is 0 Å². The van der Waals surface area contributed by atoms with Gasteiger partial charge in [0.1, 0.15) is 5.75 Å². The van der Waals surface area contributed by atoms with Crippen molar-refractivity contribution in [3.05, 3.63) is 28.8 Å². The molecule has 0 heterocycles. The van der Waals surface area contributed by atoms with Gasteiger partial charge in [-0.05, 0) is 12.5 Å². The lowest BCUT2D eigenvalue weighted by molar-refractivity contribution is -0.124. The molecule has 1 aromatic rings. The quantitative estimate of drug-likeness (QED) is 0.823. The highest BCUT2D eigenvalue weighted by Gasteiger charge is 2.18. The van der Waals surface area contributed by atoms with Gasteiger partial charge in [-0.3, -0.25) is 4.79 Å². The van der Waals surface area contributed by atoms with Crippen LogP contribution in [0.2, 0.25) is 5.02 Å². The van der Waals surface area contributed by atoms with E-state index in [-0.39, 0.29) is 6.61 Å². The van der Waals surface area contributed by atoms with Crippen LogP contribution in [-0.4, -0.2) is 17.1 Å². The molecule has 0 radical (unpaired) electrons. The Morgan fingerprint density at radius 1 is 1.62 bits per heavy atom. The number of halogens is 1. The standard InChI is InChI=1S/C11H14ClNO3/c1-2-9(11(13)15)16-10-7(6-14)4-3-5-8(10)12/h3-5,9,14H,2,6H2,1H3,(H2,13,15). The molecule has 1 unspecified atom stereocenters. The average Bonchev–Trinajstić information content (AvgIpc) is 2.26. The summed E-state index contributed by atoms with van der Waals surface area (Å²) in [4.78, 5) is 11.0. The fraction of sp³-hybridized carbons (Fsp3) is 0.364. The van der Waals surface area contributed by atoms with E-state index in [1.807, 2.05) is 0 Å². The molecule has 0 saturated carbocycles. The highest BCUT2D eigenvalue weighted by atomic mass is 35.5. The summed E-state index contributed by atoms with van der Waals surface area (Å²) in [5, 5.41) is 9.47. The zero-order valence-electron chi connectivity index (χ0n) is 8.94. The van der Waals surface area contributed by atoms with Gasteiger partial charge in [0.05, 0.1) is 11.6 Å². The van der Waals surface area contributed by atoms with Gasteiger partial charge in [0.25, 0.3) is 5.91 Å². The van der Waals surface area contributed by atoms with Crippen LogP contribution in [0.3, 0.4) is 0 Å². The largest absolute Gasteiger partial charge is 0.479 e. The number of aliphatic hydroxyl groups is 1. The summed E-state index contributed by atoms with van der Waals surface area (Å²) in [5.74, 6) is -0.233. The zero-order chi connectivity index (χ0) is 12.1. The molecular formula is C11H14ClNO3. The molecule has 0 aliphatic heterocycles. The van der Waals surface area contributed by atoms with Crippen LogP contribution >= 0.6 is 11.6 Å².